The van der Waals surface area contributed by atoms with Gasteiger partial charge in [-0.2, -0.15) is 9.40 Å². The van der Waals surface area contributed by atoms with Crippen LogP contribution >= 0.6 is 0 Å². The monoisotopic (exact) mass is 379 g/mol. The summed E-state index contributed by atoms with van der Waals surface area (Å²) in [5.74, 6) is 1.48. The maximum Gasteiger partial charge on any atom is 0.214 e. The second-order valence-corrected chi connectivity index (χ2v) is 8.41. The number of ether oxygens (including phenoxy) is 2. The number of hydrogen-bond donors (Lipinski definition) is 0. The van der Waals surface area contributed by atoms with Gasteiger partial charge in [0, 0.05) is 18.7 Å². The van der Waals surface area contributed by atoms with Gasteiger partial charge in [-0.3, -0.25) is 4.68 Å². The zero-order valence-electron chi connectivity index (χ0n) is 15.4. The van der Waals surface area contributed by atoms with E-state index < -0.39 is 10.0 Å². The molecule has 3 rings (SSSR count). The third-order valence-corrected chi connectivity index (χ3v) is 6.54. The molecule has 0 bridgehead atoms. The van der Waals surface area contributed by atoms with Gasteiger partial charge in [0.25, 0.3) is 0 Å². The number of hydrogen-bond acceptors (Lipinski definition) is 5. The number of sulfonamides is 1. The number of fused-ring (bicyclic) bond motifs is 1. The topological polar surface area (TPSA) is 73.7 Å². The Labute approximate surface area is 154 Å². The first-order valence-corrected chi connectivity index (χ1v) is 10.4. The molecule has 0 atom stereocenters. The highest BCUT2D eigenvalue weighted by Gasteiger charge is 2.25. The van der Waals surface area contributed by atoms with Gasteiger partial charge in [-0.1, -0.05) is 6.92 Å². The lowest BCUT2D eigenvalue weighted by atomic mass is 10.1. The summed E-state index contributed by atoms with van der Waals surface area (Å²) in [5.41, 5.74) is 2.62. The van der Waals surface area contributed by atoms with Gasteiger partial charge < -0.3 is 9.47 Å². The Morgan fingerprint density at radius 2 is 1.88 bits per heavy atom. The van der Waals surface area contributed by atoms with Crippen molar-refractivity contribution in [3.8, 4) is 22.8 Å². The van der Waals surface area contributed by atoms with Crippen molar-refractivity contribution in [2.75, 3.05) is 26.5 Å². The van der Waals surface area contributed by atoms with Crippen LogP contribution in [0.4, 0.5) is 0 Å². The smallest absolute Gasteiger partial charge is 0.214 e. The quantitative estimate of drug-likeness (QED) is 0.771. The van der Waals surface area contributed by atoms with Gasteiger partial charge in [0.05, 0.1) is 37.9 Å². The Hall–Kier alpha value is -2.06. The highest BCUT2D eigenvalue weighted by Crippen LogP contribution is 2.32. The van der Waals surface area contributed by atoms with Crippen LogP contribution in [0.15, 0.2) is 24.3 Å². The van der Waals surface area contributed by atoms with Crippen molar-refractivity contribution in [1.29, 1.82) is 0 Å². The molecule has 1 aliphatic heterocycles. The number of methoxy groups -OCH3 is 2. The molecule has 0 amide bonds. The lowest BCUT2D eigenvalue weighted by Crippen LogP contribution is -2.32. The van der Waals surface area contributed by atoms with Crippen LogP contribution in [0.25, 0.3) is 11.3 Å². The van der Waals surface area contributed by atoms with Crippen LogP contribution in [0, 0.1) is 0 Å². The lowest BCUT2D eigenvalue weighted by Gasteiger charge is -2.19. The Morgan fingerprint density at radius 3 is 2.58 bits per heavy atom. The van der Waals surface area contributed by atoms with E-state index in [0.717, 1.165) is 23.4 Å². The molecule has 0 radical (unpaired) electrons. The van der Waals surface area contributed by atoms with E-state index in [1.54, 1.807) is 18.5 Å². The molecule has 0 unspecified atom stereocenters. The van der Waals surface area contributed by atoms with Crippen LogP contribution in [-0.4, -0.2) is 49.0 Å². The summed E-state index contributed by atoms with van der Waals surface area (Å²) in [5, 5.41) is 4.67. The van der Waals surface area contributed by atoms with Gasteiger partial charge in [-0.05, 0) is 37.1 Å². The fourth-order valence-electron chi connectivity index (χ4n) is 3.19. The van der Waals surface area contributed by atoms with Crippen molar-refractivity contribution in [1.82, 2.24) is 14.1 Å². The number of benzene rings is 1. The van der Waals surface area contributed by atoms with E-state index >= 15 is 0 Å². The van der Waals surface area contributed by atoms with E-state index in [2.05, 4.69) is 5.10 Å². The Bertz CT molecular complexity index is 877. The summed E-state index contributed by atoms with van der Waals surface area (Å²) in [6.07, 6.45) is 1.37. The number of aromatic nitrogens is 2. The molecule has 0 fully saturated rings. The molecule has 1 aliphatic rings. The number of rotatable bonds is 6. The molecule has 7 nitrogen and oxygen atoms in total. The SMILES string of the molecule is CCCS(=O)(=O)N1CCCn2nc(-c3ccc(OC)c(OC)c3)cc2C1. The summed E-state index contributed by atoms with van der Waals surface area (Å²) in [7, 11) is -0.0222. The summed E-state index contributed by atoms with van der Waals surface area (Å²) < 4.78 is 39.0. The molecule has 0 saturated carbocycles. The molecule has 1 aromatic carbocycles. The fourth-order valence-corrected chi connectivity index (χ4v) is 4.70. The first-order chi connectivity index (χ1) is 12.5. The summed E-state index contributed by atoms with van der Waals surface area (Å²) in [6, 6.07) is 7.61. The molecule has 0 aliphatic carbocycles. The minimum Gasteiger partial charge on any atom is -0.493 e. The Balaban J connectivity index is 1.91. The zero-order valence-corrected chi connectivity index (χ0v) is 16.3. The molecule has 0 spiro atoms. The van der Waals surface area contributed by atoms with E-state index in [9.17, 15) is 8.42 Å². The van der Waals surface area contributed by atoms with Gasteiger partial charge in [-0.25, -0.2) is 8.42 Å². The molecule has 142 valence electrons. The van der Waals surface area contributed by atoms with E-state index in [4.69, 9.17) is 9.47 Å². The van der Waals surface area contributed by atoms with E-state index in [1.807, 2.05) is 35.9 Å². The van der Waals surface area contributed by atoms with Gasteiger partial charge in [-0.15, -0.1) is 0 Å². The molecule has 1 aromatic heterocycles. The van der Waals surface area contributed by atoms with Crippen molar-refractivity contribution < 1.29 is 17.9 Å². The lowest BCUT2D eigenvalue weighted by molar-refractivity contribution is 0.355. The van der Waals surface area contributed by atoms with Crippen LogP contribution in [0.2, 0.25) is 0 Å². The highest BCUT2D eigenvalue weighted by molar-refractivity contribution is 7.89. The van der Waals surface area contributed by atoms with Crippen molar-refractivity contribution >= 4 is 10.0 Å². The third-order valence-electron chi connectivity index (χ3n) is 4.51. The van der Waals surface area contributed by atoms with Crippen molar-refractivity contribution in [3.05, 3.63) is 30.0 Å². The molecule has 2 heterocycles. The van der Waals surface area contributed by atoms with Crippen molar-refractivity contribution in [3.63, 3.8) is 0 Å². The maximum atomic E-state index is 12.4. The van der Waals surface area contributed by atoms with Crippen molar-refractivity contribution in [2.45, 2.75) is 32.9 Å². The van der Waals surface area contributed by atoms with E-state index in [-0.39, 0.29) is 5.75 Å². The molecule has 26 heavy (non-hydrogen) atoms. The van der Waals surface area contributed by atoms with Crippen LogP contribution in [0.5, 0.6) is 11.5 Å². The van der Waals surface area contributed by atoms with Crippen LogP contribution in [0.1, 0.15) is 25.5 Å². The summed E-state index contributed by atoms with van der Waals surface area (Å²) in [4.78, 5) is 0. The molecular formula is C18H25N3O4S. The summed E-state index contributed by atoms with van der Waals surface area (Å²) >= 11 is 0. The van der Waals surface area contributed by atoms with Gasteiger partial charge >= 0.3 is 0 Å². The predicted octanol–water partition coefficient (Wildman–Crippen LogP) is 2.51. The molecule has 8 heteroatoms. The average molecular weight is 379 g/mol. The first-order valence-electron chi connectivity index (χ1n) is 8.75. The van der Waals surface area contributed by atoms with Crippen LogP contribution < -0.4 is 9.47 Å². The Morgan fingerprint density at radius 1 is 1.12 bits per heavy atom. The molecule has 2 aromatic rings. The fraction of sp³-hybridized carbons (Fsp3) is 0.500. The second kappa shape index (κ2) is 7.67. The van der Waals surface area contributed by atoms with Crippen LogP contribution in [-0.2, 0) is 23.1 Å². The van der Waals surface area contributed by atoms with Gasteiger partial charge in [0.2, 0.25) is 10.0 Å². The number of nitrogens with zero attached hydrogens (tertiary/aromatic N) is 3. The second-order valence-electron chi connectivity index (χ2n) is 6.32. The van der Waals surface area contributed by atoms with Gasteiger partial charge in [0.15, 0.2) is 11.5 Å². The van der Waals surface area contributed by atoms with Gasteiger partial charge in [0.1, 0.15) is 0 Å². The molecule has 0 N–H and O–H groups in total. The van der Waals surface area contributed by atoms with E-state index in [1.165, 1.54) is 0 Å². The molecular weight excluding hydrogens is 354 g/mol. The first kappa shape index (κ1) is 18.7. The largest absolute Gasteiger partial charge is 0.493 e. The maximum absolute atomic E-state index is 12.4. The van der Waals surface area contributed by atoms with E-state index in [0.29, 0.717) is 37.6 Å². The van der Waals surface area contributed by atoms with Crippen molar-refractivity contribution in [2.24, 2.45) is 0 Å². The zero-order chi connectivity index (χ0) is 18.7. The third kappa shape index (κ3) is 3.71. The highest BCUT2D eigenvalue weighted by atomic mass is 32.2. The minimum atomic E-state index is -3.22. The average Bonchev–Trinajstić information content (AvgIpc) is 2.92. The standard InChI is InChI=1S/C18H25N3O4S/c1-4-10-26(22,23)20-8-5-9-21-15(13-20)12-16(19-21)14-6-7-17(24-2)18(11-14)25-3/h6-7,11-12H,4-5,8-10,13H2,1-3H3. The molecule has 0 saturated heterocycles. The summed E-state index contributed by atoms with van der Waals surface area (Å²) in [6.45, 7) is 3.50. The number of aryl methyl sites for hydroxylation is 1. The van der Waals surface area contributed by atoms with Crippen LogP contribution in [0.3, 0.4) is 0 Å². The minimum absolute atomic E-state index is 0.184. The normalized spacial score (nSPS) is 15.3. The Kier molecular flexibility index (Phi) is 5.52. The predicted molar refractivity (Wildman–Crippen MR) is 99.9 cm³/mol.